The molecule has 1 heterocycles. The third-order valence-corrected chi connectivity index (χ3v) is 3.36. The number of anilines is 1. The van der Waals surface area contributed by atoms with Gasteiger partial charge in [-0.1, -0.05) is 18.2 Å². The summed E-state index contributed by atoms with van der Waals surface area (Å²) in [6.45, 7) is 5.64. The SMILES string of the molecule is CNCC1C(=O)NC(C)CN1c1ccccc1C. The van der Waals surface area contributed by atoms with Crippen LogP contribution in [0.3, 0.4) is 0 Å². The number of piperazine rings is 1. The van der Waals surface area contributed by atoms with Gasteiger partial charge in [-0.15, -0.1) is 0 Å². The van der Waals surface area contributed by atoms with Gasteiger partial charge in [0.2, 0.25) is 5.91 Å². The van der Waals surface area contributed by atoms with Crippen molar-refractivity contribution in [2.45, 2.75) is 25.9 Å². The summed E-state index contributed by atoms with van der Waals surface area (Å²) in [4.78, 5) is 14.3. The van der Waals surface area contributed by atoms with Crippen molar-refractivity contribution in [1.82, 2.24) is 10.6 Å². The van der Waals surface area contributed by atoms with E-state index in [4.69, 9.17) is 0 Å². The third kappa shape index (κ3) is 2.48. The van der Waals surface area contributed by atoms with Crippen LogP contribution < -0.4 is 15.5 Å². The molecule has 2 unspecified atom stereocenters. The number of para-hydroxylation sites is 1. The van der Waals surface area contributed by atoms with Gasteiger partial charge in [-0.05, 0) is 32.5 Å². The molecule has 4 heteroatoms. The van der Waals surface area contributed by atoms with Crippen LogP contribution in [0.2, 0.25) is 0 Å². The first-order valence-corrected chi connectivity index (χ1v) is 6.40. The standard InChI is InChI=1S/C14H21N3O/c1-10-6-4-5-7-12(10)17-9-11(2)16-14(18)13(17)8-15-3/h4-7,11,13,15H,8-9H2,1-3H3,(H,16,18). The van der Waals surface area contributed by atoms with Crippen LogP contribution in [0.5, 0.6) is 0 Å². The summed E-state index contributed by atoms with van der Waals surface area (Å²) in [5, 5.41) is 6.11. The van der Waals surface area contributed by atoms with Crippen LogP contribution in [0.4, 0.5) is 5.69 Å². The van der Waals surface area contributed by atoms with Gasteiger partial charge in [0.15, 0.2) is 0 Å². The van der Waals surface area contributed by atoms with Crippen LogP contribution in [-0.2, 0) is 4.79 Å². The summed E-state index contributed by atoms with van der Waals surface area (Å²) >= 11 is 0. The van der Waals surface area contributed by atoms with Gasteiger partial charge in [-0.25, -0.2) is 0 Å². The molecule has 0 radical (unpaired) electrons. The normalized spacial score (nSPS) is 23.9. The summed E-state index contributed by atoms with van der Waals surface area (Å²) in [6.07, 6.45) is 0. The fraction of sp³-hybridized carbons (Fsp3) is 0.500. The average molecular weight is 247 g/mol. The lowest BCUT2D eigenvalue weighted by atomic mass is 10.1. The van der Waals surface area contributed by atoms with Crippen molar-refractivity contribution >= 4 is 11.6 Å². The first kappa shape index (κ1) is 12.9. The largest absolute Gasteiger partial charge is 0.356 e. The number of aryl methyl sites for hydroxylation is 1. The molecule has 98 valence electrons. The fourth-order valence-electron chi connectivity index (χ4n) is 2.50. The van der Waals surface area contributed by atoms with E-state index in [0.29, 0.717) is 6.54 Å². The number of nitrogens with one attached hydrogen (secondary N) is 2. The van der Waals surface area contributed by atoms with E-state index >= 15 is 0 Å². The molecule has 4 nitrogen and oxygen atoms in total. The molecule has 0 saturated carbocycles. The summed E-state index contributed by atoms with van der Waals surface area (Å²) in [6, 6.07) is 8.28. The molecule has 1 aromatic rings. The summed E-state index contributed by atoms with van der Waals surface area (Å²) in [5.74, 6) is 0.103. The average Bonchev–Trinajstić information content (AvgIpc) is 2.33. The lowest BCUT2D eigenvalue weighted by Gasteiger charge is -2.40. The highest BCUT2D eigenvalue weighted by molar-refractivity contribution is 5.87. The van der Waals surface area contributed by atoms with Gasteiger partial charge >= 0.3 is 0 Å². The lowest BCUT2D eigenvalue weighted by Crippen LogP contribution is -2.62. The molecule has 0 aromatic heterocycles. The Morgan fingerprint density at radius 2 is 2.17 bits per heavy atom. The zero-order valence-corrected chi connectivity index (χ0v) is 11.2. The maximum absolute atomic E-state index is 12.1. The Labute approximate surface area is 108 Å². The molecule has 1 saturated heterocycles. The molecule has 1 fully saturated rings. The predicted molar refractivity (Wildman–Crippen MR) is 73.8 cm³/mol. The quantitative estimate of drug-likeness (QED) is 0.834. The highest BCUT2D eigenvalue weighted by Gasteiger charge is 2.32. The van der Waals surface area contributed by atoms with Crippen molar-refractivity contribution in [1.29, 1.82) is 0 Å². The lowest BCUT2D eigenvalue weighted by molar-refractivity contribution is -0.124. The van der Waals surface area contributed by atoms with Gasteiger partial charge < -0.3 is 15.5 Å². The maximum Gasteiger partial charge on any atom is 0.244 e. The molecule has 1 aliphatic rings. The van der Waals surface area contributed by atoms with Gasteiger partial charge in [-0.2, -0.15) is 0 Å². The van der Waals surface area contributed by atoms with Crippen LogP contribution in [-0.4, -0.2) is 38.1 Å². The van der Waals surface area contributed by atoms with E-state index in [2.05, 4.69) is 34.6 Å². The third-order valence-electron chi connectivity index (χ3n) is 3.36. The molecule has 0 spiro atoms. The zero-order valence-electron chi connectivity index (χ0n) is 11.2. The summed E-state index contributed by atoms with van der Waals surface area (Å²) < 4.78 is 0. The smallest absolute Gasteiger partial charge is 0.244 e. The second-order valence-corrected chi connectivity index (χ2v) is 4.92. The monoisotopic (exact) mass is 247 g/mol. The number of carbonyl (C=O) groups is 1. The number of hydrogen-bond acceptors (Lipinski definition) is 3. The van der Waals surface area contributed by atoms with E-state index in [0.717, 1.165) is 12.2 Å². The first-order chi connectivity index (χ1) is 8.63. The fourth-order valence-corrected chi connectivity index (χ4v) is 2.50. The molecular formula is C14H21N3O. The molecule has 2 rings (SSSR count). The molecule has 18 heavy (non-hydrogen) atoms. The minimum atomic E-state index is -0.132. The van der Waals surface area contributed by atoms with Crippen LogP contribution in [0.15, 0.2) is 24.3 Å². The molecule has 0 aliphatic carbocycles. The van der Waals surface area contributed by atoms with Crippen molar-refractivity contribution in [3.8, 4) is 0 Å². The van der Waals surface area contributed by atoms with Crippen LogP contribution in [0, 0.1) is 6.92 Å². The molecule has 2 atom stereocenters. The Morgan fingerprint density at radius 3 is 2.83 bits per heavy atom. The van der Waals surface area contributed by atoms with Gasteiger partial charge in [0.05, 0.1) is 0 Å². The Hall–Kier alpha value is -1.55. The Bertz CT molecular complexity index is 433. The zero-order chi connectivity index (χ0) is 13.1. The Kier molecular flexibility index (Phi) is 3.87. The van der Waals surface area contributed by atoms with E-state index in [9.17, 15) is 4.79 Å². The minimum absolute atomic E-state index is 0.103. The first-order valence-electron chi connectivity index (χ1n) is 6.40. The summed E-state index contributed by atoms with van der Waals surface area (Å²) in [7, 11) is 1.88. The molecule has 1 aliphatic heterocycles. The van der Waals surface area contributed by atoms with Crippen LogP contribution >= 0.6 is 0 Å². The van der Waals surface area contributed by atoms with E-state index < -0.39 is 0 Å². The van der Waals surface area contributed by atoms with Gasteiger partial charge in [0, 0.05) is 24.8 Å². The molecule has 1 aromatic carbocycles. The van der Waals surface area contributed by atoms with Crippen molar-refractivity contribution in [3.63, 3.8) is 0 Å². The second-order valence-electron chi connectivity index (χ2n) is 4.92. The number of rotatable bonds is 3. The van der Waals surface area contributed by atoms with Gasteiger partial charge in [0.25, 0.3) is 0 Å². The highest BCUT2D eigenvalue weighted by atomic mass is 16.2. The molecule has 1 amide bonds. The van der Waals surface area contributed by atoms with Crippen molar-refractivity contribution in [3.05, 3.63) is 29.8 Å². The topological polar surface area (TPSA) is 44.4 Å². The Balaban J connectivity index is 2.32. The number of nitrogens with zero attached hydrogens (tertiary/aromatic N) is 1. The minimum Gasteiger partial charge on any atom is -0.356 e. The van der Waals surface area contributed by atoms with Crippen LogP contribution in [0.1, 0.15) is 12.5 Å². The van der Waals surface area contributed by atoms with E-state index in [1.165, 1.54) is 5.56 Å². The number of likely N-dealkylation sites (N-methyl/N-ethyl adjacent to an activating group) is 1. The van der Waals surface area contributed by atoms with Crippen molar-refractivity contribution in [2.24, 2.45) is 0 Å². The number of benzene rings is 1. The van der Waals surface area contributed by atoms with Crippen molar-refractivity contribution < 1.29 is 4.79 Å². The maximum atomic E-state index is 12.1. The van der Waals surface area contributed by atoms with E-state index in [-0.39, 0.29) is 18.0 Å². The number of carbonyl (C=O) groups excluding carboxylic acids is 1. The van der Waals surface area contributed by atoms with E-state index in [1.807, 2.05) is 26.1 Å². The predicted octanol–water partition coefficient (Wildman–Crippen LogP) is 0.908. The summed E-state index contributed by atoms with van der Waals surface area (Å²) in [5.41, 5.74) is 2.36. The second kappa shape index (κ2) is 5.40. The molecule has 2 N–H and O–H groups in total. The molecule has 0 bridgehead atoms. The van der Waals surface area contributed by atoms with Gasteiger partial charge in [-0.3, -0.25) is 4.79 Å². The van der Waals surface area contributed by atoms with Crippen LogP contribution in [0.25, 0.3) is 0 Å². The Morgan fingerprint density at radius 1 is 1.44 bits per heavy atom. The molecular weight excluding hydrogens is 226 g/mol. The number of amides is 1. The number of hydrogen-bond donors (Lipinski definition) is 2. The van der Waals surface area contributed by atoms with Gasteiger partial charge in [0.1, 0.15) is 6.04 Å². The highest BCUT2D eigenvalue weighted by Crippen LogP contribution is 2.23. The van der Waals surface area contributed by atoms with E-state index in [1.54, 1.807) is 0 Å². The van der Waals surface area contributed by atoms with Crippen molar-refractivity contribution in [2.75, 3.05) is 25.0 Å².